The number of aliphatic carboxylic acids is 1. The van der Waals surface area contributed by atoms with Gasteiger partial charge in [-0.1, -0.05) is 54.1 Å². The van der Waals surface area contributed by atoms with Crippen molar-refractivity contribution in [3.05, 3.63) is 83.1 Å². The van der Waals surface area contributed by atoms with E-state index in [4.69, 9.17) is 11.6 Å². The third kappa shape index (κ3) is 3.88. The van der Waals surface area contributed by atoms with Gasteiger partial charge in [0.2, 0.25) is 0 Å². The summed E-state index contributed by atoms with van der Waals surface area (Å²) in [6, 6.07) is 16.8. The predicted octanol–water partition coefficient (Wildman–Crippen LogP) is 3.86. The number of carboxylic acid groups (broad SMARTS) is 1. The fourth-order valence-electron chi connectivity index (χ4n) is 3.28. The summed E-state index contributed by atoms with van der Waals surface area (Å²) in [5.74, 6) is -1.59. The highest BCUT2D eigenvalue weighted by molar-refractivity contribution is 6.29. The molecule has 1 amide bonds. The molecule has 0 aliphatic heterocycles. The number of carboxylic acids is 1. The maximum absolute atomic E-state index is 13.2. The van der Waals surface area contributed by atoms with Crippen molar-refractivity contribution >= 4 is 45.3 Å². The molecule has 1 atom stereocenters. The van der Waals surface area contributed by atoms with Crippen molar-refractivity contribution in [2.75, 3.05) is 0 Å². The Morgan fingerprint density at radius 1 is 0.966 bits per heavy atom. The van der Waals surface area contributed by atoms with Crippen molar-refractivity contribution in [2.24, 2.45) is 0 Å². The number of hydrogen-bond donors (Lipinski definition) is 2. The minimum Gasteiger partial charge on any atom is -0.480 e. The second-order valence-corrected chi connectivity index (χ2v) is 6.97. The van der Waals surface area contributed by atoms with E-state index in [2.05, 4.69) is 15.3 Å². The molecular weight excluding hydrogens is 390 g/mol. The summed E-state index contributed by atoms with van der Waals surface area (Å²) in [6.07, 6.45) is 1.59. The standard InChI is InChI=1S/C22H16ClN3O3/c23-19-10-9-13(12-24-19)11-18(22(28)29)26-21(27)20-14-5-1-3-7-16(14)25-17-8-4-2-6-15(17)20/h1-10,12,18H,11H2,(H,26,27)(H,28,29)/t18-/m0/s1. The van der Waals surface area contributed by atoms with Gasteiger partial charge < -0.3 is 10.4 Å². The Morgan fingerprint density at radius 3 is 2.14 bits per heavy atom. The van der Waals surface area contributed by atoms with Gasteiger partial charge in [-0.25, -0.2) is 14.8 Å². The van der Waals surface area contributed by atoms with Gasteiger partial charge in [-0.3, -0.25) is 4.79 Å². The van der Waals surface area contributed by atoms with Crippen molar-refractivity contribution in [3.63, 3.8) is 0 Å². The van der Waals surface area contributed by atoms with Gasteiger partial charge in [0.05, 0.1) is 16.6 Å². The van der Waals surface area contributed by atoms with E-state index in [0.717, 1.165) is 0 Å². The SMILES string of the molecule is O=C(N[C@@H](Cc1ccc(Cl)nc1)C(=O)O)c1c2ccccc2nc2ccccc12. The van der Waals surface area contributed by atoms with Crippen LogP contribution in [0.3, 0.4) is 0 Å². The largest absolute Gasteiger partial charge is 0.480 e. The highest BCUT2D eigenvalue weighted by atomic mass is 35.5. The topological polar surface area (TPSA) is 92.2 Å². The Morgan fingerprint density at radius 2 is 1.59 bits per heavy atom. The minimum absolute atomic E-state index is 0.0895. The van der Waals surface area contributed by atoms with Crippen molar-refractivity contribution in [1.82, 2.24) is 15.3 Å². The molecule has 2 aromatic heterocycles. The predicted molar refractivity (Wildman–Crippen MR) is 111 cm³/mol. The number of pyridine rings is 2. The number of para-hydroxylation sites is 2. The molecule has 0 fully saturated rings. The van der Waals surface area contributed by atoms with Crippen molar-refractivity contribution in [1.29, 1.82) is 0 Å². The zero-order valence-corrected chi connectivity index (χ0v) is 15.9. The van der Waals surface area contributed by atoms with Crippen LogP contribution in [0.2, 0.25) is 5.15 Å². The molecule has 2 aromatic carbocycles. The molecule has 0 bridgehead atoms. The van der Waals surface area contributed by atoms with Crippen LogP contribution in [-0.4, -0.2) is 33.0 Å². The summed E-state index contributed by atoms with van der Waals surface area (Å²) >= 11 is 5.78. The lowest BCUT2D eigenvalue weighted by molar-refractivity contribution is -0.139. The summed E-state index contributed by atoms with van der Waals surface area (Å²) < 4.78 is 0. The molecule has 6 nitrogen and oxygen atoms in total. The summed E-state index contributed by atoms with van der Waals surface area (Å²) in [7, 11) is 0. The average Bonchev–Trinajstić information content (AvgIpc) is 2.72. The number of halogens is 1. The third-order valence-corrected chi connectivity index (χ3v) is 4.87. The van der Waals surface area contributed by atoms with E-state index in [9.17, 15) is 14.7 Å². The lowest BCUT2D eigenvalue weighted by Gasteiger charge is -2.16. The Bertz CT molecular complexity index is 1170. The van der Waals surface area contributed by atoms with E-state index in [1.165, 1.54) is 6.20 Å². The van der Waals surface area contributed by atoms with Gasteiger partial charge in [0.15, 0.2) is 0 Å². The molecule has 7 heteroatoms. The second-order valence-electron chi connectivity index (χ2n) is 6.58. The molecule has 144 valence electrons. The number of carbonyl (C=O) groups excluding carboxylic acids is 1. The number of hydrogen-bond acceptors (Lipinski definition) is 4. The first-order valence-electron chi connectivity index (χ1n) is 8.94. The zero-order chi connectivity index (χ0) is 20.4. The van der Waals surface area contributed by atoms with Gasteiger partial charge in [-0.15, -0.1) is 0 Å². The minimum atomic E-state index is -1.13. The van der Waals surface area contributed by atoms with Gasteiger partial charge in [-0.2, -0.15) is 0 Å². The van der Waals surface area contributed by atoms with Gasteiger partial charge in [0.25, 0.3) is 5.91 Å². The number of amides is 1. The van der Waals surface area contributed by atoms with Gasteiger partial charge in [0, 0.05) is 23.4 Å². The molecule has 0 aliphatic carbocycles. The normalized spacial score (nSPS) is 12.0. The van der Waals surface area contributed by atoms with Crippen LogP contribution in [0, 0.1) is 0 Å². The van der Waals surface area contributed by atoms with Crippen molar-refractivity contribution in [2.45, 2.75) is 12.5 Å². The monoisotopic (exact) mass is 405 g/mol. The first-order valence-corrected chi connectivity index (χ1v) is 9.32. The Hall–Kier alpha value is -3.51. The van der Waals surface area contributed by atoms with Crippen LogP contribution >= 0.6 is 11.6 Å². The smallest absolute Gasteiger partial charge is 0.326 e. The number of rotatable bonds is 5. The number of fused-ring (bicyclic) bond motifs is 2. The van der Waals surface area contributed by atoms with E-state index < -0.39 is 17.9 Å². The van der Waals surface area contributed by atoms with E-state index >= 15 is 0 Å². The summed E-state index contributed by atoms with van der Waals surface area (Å²) in [5.41, 5.74) is 2.41. The van der Waals surface area contributed by atoms with E-state index in [1.54, 1.807) is 12.1 Å². The van der Waals surface area contributed by atoms with Crippen LogP contribution in [0.15, 0.2) is 66.9 Å². The fraction of sp³-hybridized carbons (Fsp3) is 0.0909. The van der Waals surface area contributed by atoms with Crippen LogP contribution in [0.5, 0.6) is 0 Å². The zero-order valence-electron chi connectivity index (χ0n) is 15.2. The second kappa shape index (κ2) is 7.85. The third-order valence-electron chi connectivity index (χ3n) is 4.65. The van der Waals surface area contributed by atoms with Gasteiger partial charge in [-0.05, 0) is 23.8 Å². The Labute approximate surface area is 171 Å². The van der Waals surface area contributed by atoms with Gasteiger partial charge >= 0.3 is 5.97 Å². The number of nitrogens with one attached hydrogen (secondary N) is 1. The number of benzene rings is 2. The quantitative estimate of drug-likeness (QED) is 0.388. The molecule has 0 saturated heterocycles. The van der Waals surface area contributed by atoms with Crippen LogP contribution in [0.25, 0.3) is 21.8 Å². The summed E-state index contributed by atoms with van der Waals surface area (Å²) in [4.78, 5) is 33.5. The fourth-order valence-corrected chi connectivity index (χ4v) is 3.39. The summed E-state index contributed by atoms with van der Waals surface area (Å²) in [6.45, 7) is 0. The maximum atomic E-state index is 13.2. The Balaban J connectivity index is 1.73. The highest BCUT2D eigenvalue weighted by Crippen LogP contribution is 2.26. The van der Waals surface area contributed by atoms with Crippen LogP contribution in [0.1, 0.15) is 15.9 Å². The average molecular weight is 406 g/mol. The van der Waals surface area contributed by atoms with Crippen molar-refractivity contribution < 1.29 is 14.7 Å². The number of aromatic nitrogens is 2. The molecule has 0 radical (unpaired) electrons. The molecule has 2 heterocycles. The van der Waals surface area contributed by atoms with Crippen molar-refractivity contribution in [3.8, 4) is 0 Å². The molecule has 4 aromatic rings. The molecule has 0 spiro atoms. The molecule has 2 N–H and O–H groups in total. The number of nitrogens with zero attached hydrogens (tertiary/aromatic N) is 2. The number of carbonyl (C=O) groups is 2. The van der Waals surface area contributed by atoms with E-state index in [-0.39, 0.29) is 6.42 Å². The molecule has 4 rings (SSSR count). The molecule has 0 unspecified atom stereocenters. The molecule has 0 aliphatic rings. The van der Waals surface area contributed by atoms with E-state index in [1.807, 2.05) is 48.5 Å². The lowest BCUT2D eigenvalue weighted by atomic mass is 10.0. The molecule has 29 heavy (non-hydrogen) atoms. The Kier molecular flexibility index (Phi) is 5.10. The first-order chi connectivity index (χ1) is 14.0. The van der Waals surface area contributed by atoms with Crippen LogP contribution in [-0.2, 0) is 11.2 Å². The summed E-state index contributed by atoms with van der Waals surface area (Å²) in [5, 5.41) is 13.9. The lowest BCUT2D eigenvalue weighted by Crippen LogP contribution is -2.42. The van der Waals surface area contributed by atoms with Gasteiger partial charge in [0.1, 0.15) is 11.2 Å². The maximum Gasteiger partial charge on any atom is 0.326 e. The highest BCUT2D eigenvalue weighted by Gasteiger charge is 2.24. The first kappa shape index (κ1) is 18.8. The van der Waals surface area contributed by atoms with Crippen LogP contribution < -0.4 is 5.32 Å². The molecule has 0 saturated carbocycles. The van der Waals surface area contributed by atoms with E-state index in [0.29, 0.717) is 38.1 Å². The molecular formula is C22H16ClN3O3. The van der Waals surface area contributed by atoms with Crippen LogP contribution in [0.4, 0.5) is 0 Å².